The Morgan fingerprint density at radius 2 is 1.68 bits per heavy atom. The number of nitrogens with zero attached hydrogens (tertiary/aromatic N) is 2. The third-order valence-electron chi connectivity index (χ3n) is 5.70. The normalized spacial score (nSPS) is 14.2. The molecule has 5 nitrogen and oxygen atoms in total. The lowest BCUT2D eigenvalue weighted by Gasteiger charge is -2.26. The molecule has 0 spiro atoms. The molecule has 3 aromatic rings. The van der Waals surface area contributed by atoms with E-state index in [1.807, 2.05) is 30.3 Å². The first kappa shape index (κ1) is 21.1. The largest absolute Gasteiger partial charge is 0.338 e. The Morgan fingerprint density at radius 3 is 2.45 bits per heavy atom. The van der Waals surface area contributed by atoms with Crippen molar-refractivity contribution in [1.82, 2.24) is 9.88 Å². The van der Waals surface area contributed by atoms with Gasteiger partial charge in [-0.05, 0) is 87.3 Å². The van der Waals surface area contributed by atoms with Gasteiger partial charge in [0.2, 0.25) is 0 Å². The van der Waals surface area contributed by atoms with Crippen molar-refractivity contribution in [2.24, 2.45) is 0 Å². The Balaban J connectivity index is 1.33. The van der Waals surface area contributed by atoms with Crippen LogP contribution >= 0.6 is 0 Å². The van der Waals surface area contributed by atoms with Crippen molar-refractivity contribution in [3.8, 4) is 0 Å². The maximum absolute atomic E-state index is 12.5. The molecule has 0 bridgehead atoms. The van der Waals surface area contributed by atoms with Gasteiger partial charge in [0.15, 0.2) is 5.82 Å². The van der Waals surface area contributed by atoms with Crippen molar-refractivity contribution in [1.29, 1.82) is 0 Å². The van der Waals surface area contributed by atoms with Crippen LogP contribution < -0.4 is 10.6 Å². The van der Waals surface area contributed by atoms with E-state index in [9.17, 15) is 4.79 Å². The average molecular weight is 415 g/mol. The SMILES string of the molecule is O=C(Nc1cccnc1Nc1ccc(CCCN2CCCCC2)cc1)c1ccccc1. The molecule has 160 valence electrons. The number of amides is 1. The summed E-state index contributed by atoms with van der Waals surface area (Å²) in [4.78, 5) is 19.5. The highest BCUT2D eigenvalue weighted by molar-refractivity contribution is 6.05. The summed E-state index contributed by atoms with van der Waals surface area (Å²) in [6, 6.07) is 21.4. The van der Waals surface area contributed by atoms with Gasteiger partial charge in [-0.1, -0.05) is 36.8 Å². The number of carbonyl (C=O) groups excluding carboxylic acids is 1. The number of pyridine rings is 1. The van der Waals surface area contributed by atoms with Gasteiger partial charge in [-0.2, -0.15) is 0 Å². The van der Waals surface area contributed by atoms with E-state index in [1.54, 1.807) is 18.3 Å². The minimum absolute atomic E-state index is 0.152. The molecular weight excluding hydrogens is 384 g/mol. The van der Waals surface area contributed by atoms with E-state index < -0.39 is 0 Å². The van der Waals surface area contributed by atoms with Gasteiger partial charge in [0.05, 0.1) is 5.69 Å². The molecule has 2 aromatic carbocycles. The molecule has 1 saturated heterocycles. The standard InChI is InChI=1S/C26H30N4O/c31-26(22-10-3-1-4-11-22)29-24-12-7-17-27-25(24)28-23-15-13-21(14-16-23)9-8-20-30-18-5-2-6-19-30/h1,3-4,7,10-17H,2,5-6,8-9,18-20H2,(H,27,28)(H,29,31). The molecule has 1 fully saturated rings. The molecule has 4 rings (SSSR count). The van der Waals surface area contributed by atoms with Crippen LogP contribution in [0.5, 0.6) is 0 Å². The molecule has 31 heavy (non-hydrogen) atoms. The summed E-state index contributed by atoms with van der Waals surface area (Å²) in [7, 11) is 0. The molecular formula is C26H30N4O. The molecule has 1 aromatic heterocycles. The summed E-state index contributed by atoms with van der Waals surface area (Å²) in [5, 5.41) is 6.28. The van der Waals surface area contributed by atoms with Crippen LogP contribution in [-0.4, -0.2) is 35.4 Å². The molecule has 1 aliphatic rings. The summed E-state index contributed by atoms with van der Waals surface area (Å²) < 4.78 is 0. The van der Waals surface area contributed by atoms with Crippen molar-refractivity contribution in [3.05, 3.63) is 84.1 Å². The first-order valence-corrected chi connectivity index (χ1v) is 11.2. The van der Waals surface area contributed by atoms with Crippen LogP contribution in [0.25, 0.3) is 0 Å². The average Bonchev–Trinajstić information content (AvgIpc) is 2.83. The summed E-state index contributed by atoms with van der Waals surface area (Å²) in [6.45, 7) is 3.71. The van der Waals surface area contributed by atoms with E-state index in [1.165, 1.54) is 50.9 Å². The fourth-order valence-electron chi connectivity index (χ4n) is 3.97. The number of likely N-dealkylation sites (tertiary alicyclic amines) is 1. The van der Waals surface area contributed by atoms with Crippen LogP contribution in [0.3, 0.4) is 0 Å². The fourth-order valence-corrected chi connectivity index (χ4v) is 3.97. The minimum atomic E-state index is -0.152. The molecule has 0 saturated carbocycles. The van der Waals surface area contributed by atoms with Crippen molar-refractivity contribution in [2.45, 2.75) is 32.1 Å². The highest BCUT2D eigenvalue weighted by atomic mass is 16.1. The Morgan fingerprint density at radius 1 is 0.903 bits per heavy atom. The number of aryl methyl sites for hydroxylation is 1. The Hall–Kier alpha value is -3.18. The van der Waals surface area contributed by atoms with Gasteiger partial charge in [0.25, 0.3) is 5.91 Å². The van der Waals surface area contributed by atoms with Gasteiger partial charge in [0, 0.05) is 17.4 Å². The number of hydrogen-bond acceptors (Lipinski definition) is 4. The third-order valence-corrected chi connectivity index (χ3v) is 5.70. The van der Waals surface area contributed by atoms with Gasteiger partial charge in [-0.15, -0.1) is 0 Å². The van der Waals surface area contributed by atoms with Gasteiger partial charge in [-0.3, -0.25) is 4.79 Å². The van der Waals surface area contributed by atoms with Gasteiger partial charge in [0.1, 0.15) is 0 Å². The van der Waals surface area contributed by atoms with Crippen LogP contribution in [0.15, 0.2) is 72.9 Å². The number of anilines is 3. The first-order valence-electron chi connectivity index (χ1n) is 11.2. The maximum Gasteiger partial charge on any atom is 0.255 e. The van der Waals surface area contributed by atoms with Crippen LogP contribution in [0.2, 0.25) is 0 Å². The Kier molecular flexibility index (Phi) is 7.29. The van der Waals surface area contributed by atoms with E-state index in [0.29, 0.717) is 17.1 Å². The number of hydrogen-bond donors (Lipinski definition) is 2. The third kappa shape index (κ3) is 6.15. The fraction of sp³-hybridized carbons (Fsp3) is 0.308. The predicted octanol–water partition coefficient (Wildman–Crippen LogP) is 5.50. The lowest BCUT2D eigenvalue weighted by Crippen LogP contribution is -2.30. The van der Waals surface area contributed by atoms with Crippen molar-refractivity contribution >= 4 is 23.1 Å². The number of carbonyl (C=O) groups is 1. The number of aromatic nitrogens is 1. The summed E-state index contributed by atoms with van der Waals surface area (Å²) in [5.74, 6) is 0.477. The van der Waals surface area contributed by atoms with Crippen LogP contribution in [0, 0.1) is 0 Å². The molecule has 2 N–H and O–H groups in total. The lowest BCUT2D eigenvalue weighted by molar-refractivity contribution is 0.102. The quantitative estimate of drug-likeness (QED) is 0.511. The lowest BCUT2D eigenvalue weighted by atomic mass is 10.1. The summed E-state index contributed by atoms with van der Waals surface area (Å²) in [5.41, 5.74) is 3.57. The molecule has 0 atom stereocenters. The van der Waals surface area contributed by atoms with E-state index in [0.717, 1.165) is 12.1 Å². The van der Waals surface area contributed by atoms with Gasteiger partial charge in [-0.25, -0.2) is 4.98 Å². The zero-order valence-corrected chi connectivity index (χ0v) is 17.9. The van der Waals surface area contributed by atoms with Crippen LogP contribution in [0.1, 0.15) is 41.6 Å². The Bertz CT molecular complexity index is 966. The maximum atomic E-state index is 12.5. The minimum Gasteiger partial charge on any atom is -0.338 e. The highest BCUT2D eigenvalue weighted by Crippen LogP contribution is 2.24. The molecule has 1 aliphatic heterocycles. The monoisotopic (exact) mass is 414 g/mol. The summed E-state index contributed by atoms with van der Waals surface area (Å²) >= 11 is 0. The number of piperidine rings is 1. The zero-order valence-electron chi connectivity index (χ0n) is 17.9. The number of rotatable bonds is 8. The second-order valence-corrected chi connectivity index (χ2v) is 8.05. The molecule has 1 amide bonds. The van der Waals surface area contributed by atoms with E-state index in [4.69, 9.17) is 0 Å². The second-order valence-electron chi connectivity index (χ2n) is 8.05. The van der Waals surface area contributed by atoms with E-state index in [-0.39, 0.29) is 5.91 Å². The molecule has 2 heterocycles. The van der Waals surface area contributed by atoms with E-state index >= 15 is 0 Å². The molecule has 0 unspecified atom stereocenters. The predicted molar refractivity (Wildman–Crippen MR) is 127 cm³/mol. The summed E-state index contributed by atoms with van der Waals surface area (Å²) in [6.07, 6.45) is 8.10. The second kappa shape index (κ2) is 10.7. The van der Waals surface area contributed by atoms with Crippen molar-refractivity contribution in [3.63, 3.8) is 0 Å². The molecule has 0 radical (unpaired) electrons. The molecule has 5 heteroatoms. The number of benzene rings is 2. The zero-order chi connectivity index (χ0) is 21.3. The molecule has 0 aliphatic carbocycles. The topological polar surface area (TPSA) is 57.3 Å². The Labute approximate surface area is 184 Å². The van der Waals surface area contributed by atoms with Crippen molar-refractivity contribution in [2.75, 3.05) is 30.3 Å². The number of nitrogens with one attached hydrogen (secondary N) is 2. The van der Waals surface area contributed by atoms with E-state index in [2.05, 4.69) is 44.8 Å². The van der Waals surface area contributed by atoms with Crippen molar-refractivity contribution < 1.29 is 4.79 Å². The smallest absolute Gasteiger partial charge is 0.255 e. The highest BCUT2D eigenvalue weighted by Gasteiger charge is 2.11. The van der Waals surface area contributed by atoms with Crippen LogP contribution in [-0.2, 0) is 6.42 Å². The van der Waals surface area contributed by atoms with Crippen LogP contribution in [0.4, 0.5) is 17.2 Å². The van der Waals surface area contributed by atoms with Gasteiger partial charge < -0.3 is 15.5 Å². The first-order chi connectivity index (χ1) is 15.3. The van der Waals surface area contributed by atoms with Gasteiger partial charge >= 0.3 is 0 Å².